The number of hydrogen-bond acceptors (Lipinski definition) is 7. The van der Waals surface area contributed by atoms with Crippen molar-refractivity contribution in [3.8, 4) is 17.6 Å². The van der Waals surface area contributed by atoms with E-state index in [0.717, 1.165) is 5.56 Å². The third-order valence-electron chi connectivity index (χ3n) is 4.50. The molecule has 0 saturated carbocycles. The van der Waals surface area contributed by atoms with Gasteiger partial charge in [0.05, 0.1) is 19.1 Å². The summed E-state index contributed by atoms with van der Waals surface area (Å²) in [5.74, 6) is 0.647. The lowest BCUT2D eigenvalue weighted by Crippen LogP contribution is -2.26. The first-order chi connectivity index (χ1) is 14.8. The van der Waals surface area contributed by atoms with Crippen molar-refractivity contribution >= 4 is 23.4 Å². The molecule has 31 heavy (non-hydrogen) atoms. The van der Waals surface area contributed by atoms with Crippen LogP contribution in [0.5, 0.6) is 11.5 Å². The van der Waals surface area contributed by atoms with Crippen LogP contribution in [0.15, 0.2) is 42.0 Å². The van der Waals surface area contributed by atoms with Gasteiger partial charge in [0.15, 0.2) is 11.5 Å². The van der Waals surface area contributed by atoms with Crippen molar-refractivity contribution in [2.24, 2.45) is 0 Å². The number of anilines is 1. The Kier molecular flexibility index (Phi) is 7.97. The Balaban J connectivity index is 2.10. The summed E-state index contributed by atoms with van der Waals surface area (Å²) in [4.78, 5) is 24.8. The molecule has 0 fully saturated rings. The summed E-state index contributed by atoms with van der Waals surface area (Å²) in [7, 11) is 6.49. The summed E-state index contributed by atoms with van der Waals surface area (Å²) in [5, 5.41) is 23.4. The van der Waals surface area contributed by atoms with Gasteiger partial charge in [-0.05, 0) is 41.8 Å². The summed E-state index contributed by atoms with van der Waals surface area (Å²) in [6.07, 6.45) is 1.85. The van der Waals surface area contributed by atoms with Crippen LogP contribution in [0.2, 0.25) is 0 Å². The molecule has 1 N–H and O–H groups in total. The topological polar surface area (TPSA) is 118 Å². The molecule has 9 nitrogen and oxygen atoms in total. The lowest BCUT2D eigenvalue weighted by molar-refractivity contribution is -0.384. The molecule has 2 aromatic rings. The number of amides is 1. The van der Waals surface area contributed by atoms with Crippen LogP contribution >= 0.6 is 0 Å². The highest BCUT2D eigenvalue weighted by atomic mass is 16.6. The Morgan fingerprint density at radius 3 is 2.48 bits per heavy atom. The summed E-state index contributed by atoms with van der Waals surface area (Å²) in [6.45, 7) is 0.299. The van der Waals surface area contributed by atoms with Crippen LogP contribution in [0.4, 0.5) is 11.4 Å². The number of nitro groups is 1. The van der Waals surface area contributed by atoms with E-state index < -0.39 is 10.8 Å². The Hall–Kier alpha value is -4.06. The van der Waals surface area contributed by atoms with Gasteiger partial charge in [-0.1, -0.05) is 12.1 Å². The van der Waals surface area contributed by atoms with Crippen LogP contribution in [0.25, 0.3) is 6.08 Å². The largest absolute Gasteiger partial charge is 0.493 e. The molecule has 162 valence electrons. The maximum absolute atomic E-state index is 12.4. The number of nitro benzene ring substituents is 1. The van der Waals surface area contributed by atoms with Gasteiger partial charge in [0.2, 0.25) is 0 Å². The quantitative estimate of drug-likeness (QED) is 0.285. The Labute approximate surface area is 180 Å². The van der Waals surface area contributed by atoms with Crippen molar-refractivity contribution in [1.29, 1.82) is 5.26 Å². The van der Waals surface area contributed by atoms with E-state index in [0.29, 0.717) is 35.7 Å². The molecule has 9 heteroatoms. The number of benzene rings is 2. The van der Waals surface area contributed by atoms with Crippen LogP contribution in [0.3, 0.4) is 0 Å². The third-order valence-corrected chi connectivity index (χ3v) is 4.50. The minimum absolute atomic E-state index is 0.107. The van der Waals surface area contributed by atoms with E-state index in [-0.39, 0.29) is 11.3 Å². The normalized spacial score (nSPS) is 10.7. The van der Waals surface area contributed by atoms with Gasteiger partial charge >= 0.3 is 0 Å². The van der Waals surface area contributed by atoms with Gasteiger partial charge in [-0.3, -0.25) is 14.9 Å². The summed E-state index contributed by atoms with van der Waals surface area (Å²) in [6, 6.07) is 11.8. The zero-order valence-corrected chi connectivity index (χ0v) is 17.8. The van der Waals surface area contributed by atoms with E-state index in [1.54, 1.807) is 51.4 Å². The average Bonchev–Trinajstić information content (AvgIpc) is 2.76. The predicted octanol–water partition coefficient (Wildman–Crippen LogP) is 2.94. The molecule has 0 saturated heterocycles. The minimum Gasteiger partial charge on any atom is -0.493 e. The summed E-state index contributed by atoms with van der Waals surface area (Å²) >= 11 is 0. The number of carbonyl (C=O) groups is 1. The van der Waals surface area contributed by atoms with Crippen molar-refractivity contribution in [3.05, 3.63) is 63.2 Å². The molecule has 0 aliphatic heterocycles. The van der Waals surface area contributed by atoms with E-state index in [1.165, 1.54) is 12.1 Å². The number of hydrogen-bond donors (Lipinski definition) is 1. The van der Waals surface area contributed by atoms with Crippen LogP contribution in [-0.2, 0) is 11.2 Å². The van der Waals surface area contributed by atoms with Crippen molar-refractivity contribution in [2.45, 2.75) is 6.42 Å². The predicted molar refractivity (Wildman–Crippen MR) is 117 cm³/mol. The molecule has 0 bridgehead atoms. The molecule has 0 aromatic heterocycles. The first-order valence-corrected chi connectivity index (χ1v) is 9.37. The zero-order valence-electron chi connectivity index (χ0n) is 17.8. The second kappa shape index (κ2) is 10.6. The second-order valence-corrected chi connectivity index (χ2v) is 6.76. The highest BCUT2D eigenvalue weighted by Crippen LogP contribution is 2.29. The van der Waals surface area contributed by atoms with Gasteiger partial charge < -0.3 is 19.7 Å². The number of nitrogens with zero attached hydrogens (tertiary/aromatic N) is 3. The van der Waals surface area contributed by atoms with E-state index in [2.05, 4.69) is 5.32 Å². The molecule has 0 aliphatic carbocycles. The van der Waals surface area contributed by atoms with Gasteiger partial charge in [-0.15, -0.1) is 0 Å². The summed E-state index contributed by atoms with van der Waals surface area (Å²) < 4.78 is 10.5. The first kappa shape index (κ1) is 23.2. The summed E-state index contributed by atoms with van der Waals surface area (Å²) in [5.41, 5.74) is 1.50. The first-order valence-electron chi connectivity index (χ1n) is 9.37. The molecule has 0 heterocycles. The fourth-order valence-corrected chi connectivity index (χ4v) is 2.92. The second-order valence-electron chi connectivity index (χ2n) is 6.76. The fraction of sp³-hybridized carbons (Fsp3) is 0.273. The van der Waals surface area contributed by atoms with Crippen molar-refractivity contribution in [2.75, 3.05) is 39.8 Å². The van der Waals surface area contributed by atoms with Crippen molar-refractivity contribution in [1.82, 2.24) is 5.32 Å². The molecular formula is C22H24N4O5. The van der Waals surface area contributed by atoms with Crippen molar-refractivity contribution in [3.63, 3.8) is 0 Å². The molecule has 0 unspecified atom stereocenters. The number of nitriles is 1. The molecule has 0 atom stereocenters. The Morgan fingerprint density at radius 2 is 1.90 bits per heavy atom. The number of methoxy groups -OCH3 is 2. The number of rotatable bonds is 9. The lowest BCUT2D eigenvalue weighted by atomic mass is 10.1. The maximum Gasteiger partial charge on any atom is 0.293 e. The van der Waals surface area contributed by atoms with Gasteiger partial charge in [-0.2, -0.15) is 5.26 Å². The minimum atomic E-state index is -0.553. The molecule has 0 aliphatic rings. The smallest absolute Gasteiger partial charge is 0.293 e. The Bertz CT molecular complexity index is 1040. The maximum atomic E-state index is 12.4. The zero-order chi connectivity index (χ0) is 23.0. The van der Waals surface area contributed by atoms with Crippen LogP contribution < -0.4 is 19.7 Å². The van der Waals surface area contributed by atoms with E-state index in [9.17, 15) is 20.2 Å². The monoisotopic (exact) mass is 424 g/mol. The fourth-order valence-electron chi connectivity index (χ4n) is 2.92. The molecule has 0 spiro atoms. The number of ether oxygens (including phenoxy) is 2. The number of carbonyl (C=O) groups excluding carboxylic acids is 1. The average molecular weight is 424 g/mol. The SMILES string of the molecule is COc1ccc(CCNC(=O)C(C#N)=Cc2ccc(N(C)C)c([N+](=O)[O-])c2)cc1OC. The molecule has 0 radical (unpaired) electrons. The van der Waals surface area contributed by atoms with Crippen LogP contribution in [0, 0.1) is 21.4 Å². The third kappa shape index (κ3) is 5.96. The van der Waals surface area contributed by atoms with Gasteiger partial charge in [0.1, 0.15) is 17.3 Å². The van der Waals surface area contributed by atoms with E-state index >= 15 is 0 Å². The highest BCUT2D eigenvalue weighted by Gasteiger charge is 2.17. The van der Waals surface area contributed by atoms with Gasteiger partial charge in [0, 0.05) is 26.7 Å². The molecule has 2 aromatic carbocycles. The van der Waals surface area contributed by atoms with E-state index in [4.69, 9.17) is 9.47 Å². The molecular weight excluding hydrogens is 400 g/mol. The lowest BCUT2D eigenvalue weighted by Gasteiger charge is -2.12. The molecule has 2 rings (SSSR count). The van der Waals surface area contributed by atoms with Crippen LogP contribution in [0.1, 0.15) is 11.1 Å². The van der Waals surface area contributed by atoms with Gasteiger partial charge in [-0.25, -0.2) is 0 Å². The standard InChI is InChI=1S/C22H24N4O5/c1-25(2)18-7-5-16(12-19(18)26(28)29)11-17(14-23)22(27)24-10-9-15-6-8-20(30-3)21(13-15)31-4/h5-8,11-13H,9-10H2,1-4H3,(H,24,27). The molecule has 1 amide bonds. The van der Waals surface area contributed by atoms with E-state index in [1.807, 2.05) is 18.2 Å². The Morgan fingerprint density at radius 1 is 1.19 bits per heavy atom. The van der Waals surface area contributed by atoms with Crippen LogP contribution in [-0.4, -0.2) is 45.7 Å². The van der Waals surface area contributed by atoms with Gasteiger partial charge in [0.25, 0.3) is 11.6 Å². The van der Waals surface area contributed by atoms with Crippen molar-refractivity contribution < 1.29 is 19.2 Å². The number of nitrogens with one attached hydrogen (secondary N) is 1. The highest BCUT2D eigenvalue weighted by molar-refractivity contribution is 6.01.